The fourth-order valence-corrected chi connectivity index (χ4v) is 18.4. The third-order valence-corrected chi connectivity index (χ3v) is 24.2. The average molecular weight is 1570 g/mol. The highest BCUT2D eigenvalue weighted by atomic mass is 16.3. The van der Waals surface area contributed by atoms with E-state index in [-0.39, 0.29) is 5.41 Å². The Hall–Kier alpha value is -16.5. The topological polar surface area (TPSA) is 186 Å². The lowest BCUT2D eigenvalue weighted by Crippen LogP contribution is -2.14. The monoisotopic (exact) mass is 1570 g/mol. The molecule has 0 unspecified atom stereocenters. The number of hydrogen-bond acceptors (Lipinski definition) is 14. The Kier molecular flexibility index (Phi) is 15.1. The van der Waals surface area contributed by atoms with Gasteiger partial charge in [0.15, 0.2) is 57.8 Å². The van der Waals surface area contributed by atoms with E-state index in [1.54, 1.807) is 0 Å². The molecule has 15 nitrogen and oxygen atoms in total. The van der Waals surface area contributed by atoms with Gasteiger partial charge in [0.05, 0.1) is 22.2 Å². The Bertz CT molecular complexity index is 8450. The third kappa shape index (κ3) is 10.8. The second-order valence-electron chi connectivity index (χ2n) is 31.6. The van der Waals surface area contributed by atoms with E-state index in [2.05, 4.69) is 176 Å². The Labute approximate surface area is 695 Å². The first-order chi connectivity index (χ1) is 60.2. The maximum absolute atomic E-state index is 7.06. The first-order valence-corrected chi connectivity index (χ1v) is 40.7. The fourth-order valence-electron chi connectivity index (χ4n) is 18.4. The van der Waals surface area contributed by atoms with Gasteiger partial charge in [-0.25, -0.2) is 49.8 Å². The smallest absolute Gasteiger partial charge is 0.180 e. The van der Waals surface area contributed by atoms with Crippen LogP contribution in [0.3, 0.4) is 0 Å². The van der Waals surface area contributed by atoms with Gasteiger partial charge in [-0.3, -0.25) is 0 Å². The van der Waals surface area contributed by atoms with Crippen LogP contribution in [0, 0.1) is 0 Å². The molecule has 0 fully saturated rings. The summed E-state index contributed by atoms with van der Waals surface area (Å²) in [5.74, 6) is 4.18. The summed E-state index contributed by atoms with van der Waals surface area (Å²) in [5, 5.41) is 7.32. The summed E-state index contributed by atoms with van der Waals surface area (Å²) in [7, 11) is 0. The minimum atomic E-state index is -0.231. The minimum absolute atomic E-state index is 0.231. The van der Waals surface area contributed by atoms with Gasteiger partial charge in [-0.1, -0.05) is 269 Å². The highest BCUT2D eigenvalue weighted by Crippen LogP contribution is 2.52. The number of para-hydroxylation sites is 5. The Morgan fingerprint density at radius 1 is 0.221 bits per heavy atom. The molecule has 0 aliphatic heterocycles. The molecule has 1 aliphatic rings. The highest BCUT2D eigenvalue weighted by Gasteiger charge is 2.36. The van der Waals surface area contributed by atoms with Crippen LogP contribution in [0.15, 0.2) is 363 Å². The molecular weight excluding hydrogens is 1500 g/mol. The summed E-state index contributed by atoms with van der Waals surface area (Å²) in [6.07, 6.45) is 0. The van der Waals surface area contributed by atoms with E-state index in [4.69, 9.17) is 67.5 Å². The number of hydrogen-bond donors (Lipinski definition) is 0. The molecule has 15 aromatic carbocycles. The molecule has 15 heteroatoms. The zero-order chi connectivity index (χ0) is 80.4. The van der Waals surface area contributed by atoms with E-state index in [0.717, 1.165) is 132 Å². The van der Waals surface area contributed by atoms with E-state index in [1.165, 1.54) is 22.3 Å². The first-order valence-electron chi connectivity index (χ1n) is 40.7. The Morgan fingerprint density at radius 2 is 0.615 bits per heavy atom. The lowest BCUT2D eigenvalue weighted by atomic mass is 9.82. The molecule has 0 atom stereocenters. The molecule has 0 saturated heterocycles. The van der Waals surface area contributed by atoms with E-state index < -0.39 is 0 Å². The number of nitrogens with zero attached hydrogens (tertiary/aromatic N) is 11. The van der Waals surface area contributed by atoms with Gasteiger partial charge in [0.2, 0.25) is 0 Å². The summed E-state index contributed by atoms with van der Waals surface area (Å²) in [4.78, 5) is 53.2. The maximum Gasteiger partial charge on any atom is 0.180 e. The lowest BCUT2D eigenvalue weighted by Gasteiger charge is -2.21. The van der Waals surface area contributed by atoms with Crippen LogP contribution in [0.5, 0.6) is 0 Å². The lowest BCUT2D eigenvalue weighted by molar-refractivity contribution is 0.659. The van der Waals surface area contributed by atoms with E-state index in [9.17, 15) is 0 Å². The number of aromatic nitrogens is 11. The average Bonchev–Trinajstić information content (AvgIpc) is 1.57. The van der Waals surface area contributed by atoms with Crippen molar-refractivity contribution in [3.05, 3.63) is 357 Å². The molecule has 0 saturated carbocycles. The number of benzene rings is 15. The predicted octanol–water partition coefficient (Wildman–Crippen LogP) is 27.0. The van der Waals surface area contributed by atoms with Crippen molar-refractivity contribution in [2.75, 3.05) is 0 Å². The van der Waals surface area contributed by atoms with E-state index in [0.29, 0.717) is 108 Å². The van der Waals surface area contributed by atoms with Crippen LogP contribution in [0.2, 0.25) is 0 Å². The third-order valence-electron chi connectivity index (χ3n) is 24.2. The van der Waals surface area contributed by atoms with Crippen LogP contribution in [-0.2, 0) is 5.41 Å². The van der Waals surface area contributed by atoms with Crippen LogP contribution >= 0.6 is 0 Å². The molecule has 570 valence electrons. The molecule has 1 aliphatic carbocycles. The fraction of sp³-hybridized carbons (Fsp3) is 0.0280. The molecule has 25 rings (SSSR count). The highest BCUT2D eigenvalue weighted by molar-refractivity contribution is 6.18. The van der Waals surface area contributed by atoms with Crippen LogP contribution in [0.4, 0.5) is 0 Å². The maximum atomic E-state index is 7.06. The molecule has 0 N–H and O–H groups in total. The molecule has 9 aromatic heterocycles. The summed E-state index contributed by atoms with van der Waals surface area (Å²) in [6.45, 7) is 4.59. The van der Waals surface area contributed by atoms with Crippen LogP contribution in [0.25, 0.3) is 251 Å². The SMILES string of the molecule is CC1(C)c2ccccc2-c2ccc(-c3nc(-c4cccc5c4oc4cccc(-c6nc(-c7ccccc7)nc(-c7cccc(-c8ccc9c(c8)c8ccc(-c%10nc(-c%11cccc%12c%11oc%11cccc(-c%13nc(-c%14ccccc%14)nc(-c%14ccccc%14)n%13)c%11%12)nc%11c%10oc%10ccccc%10%11)cc8n9-c8ccccc8)c7)n6)c45)nc4c3oc3ccccc34)cc21. The van der Waals surface area contributed by atoms with Crippen molar-refractivity contribution in [1.29, 1.82) is 0 Å². The summed E-state index contributed by atoms with van der Waals surface area (Å²) in [6, 6.07) is 118. The summed E-state index contributed by atoms with van der Waals surface area (Å²) in [5.41, 5.74) is 26.0. The van der Waals surface area contributed by atoms with Crippen molar-refractivity contribution in [3.63, 3.8) is 0 Å². The molecule has 24 aromatic rings. The molecule has 0 amide bonds. The number of rotatable bonds is 12. The number of fused-ring (bicyclic) bond motifs is 18. The molecule has 122 heavy (non-hydrogen) atoms. The quantitative estimate of drug-likeness (QED) is 0.112. The second kappa shape index (κ2) is 26.8. The van der Waals surface area contributed by atoms with Crippen molar-refractivity contribution in [1.82, 2.24) is 54.4 Å². The van der Waals surface area contributed by atoms with Gasteiger partial charge in [0.25, 0.3) is 0 Å². The van der Waals surface area contributed by atoms with Crippen molar-refractivity contribution >= 4 is 110 Å². The Balaban J connectivity index is 0.600. The van der Waals surface area contributed by atoms with E-state index in [1.807, 2.05) is 188 Å². The molecule has 0 radical (unpaired) electrons. The van der Waals surface area contributed by atoms with Gasteiger partial charge in [-0.2, -0.15) is 0 Å². The zero-order valence-corrected chi connectivity index (χ0v) is 65.5. The summed E-state index contributed by atoms with van der Waals surface area (Å²) >= 11 is 0. The zero-order valence-electron chi connectivity index (χ0n) is 65.5. The predicted molar refractivity (Wildman–Crippen MR) is 485 cm³/mol. The Morgan fingerprint density at radius 3 is 1.19 bits per heavy atom. The van der Waals surface area contributed by atoms with Gasteiger partial charge < -0.3 is 22.2 Å². The molecule has 0 bridgehead atoms. The van der Waals surface area contributed by atoms with Crippen molar-refractivity contribution in [2.45, 2.75) is 19.3 Å². The normalized spacial score (nSPS) is 12.6. The van der Waals surface area contributed by atoms with E-state index >= 15 is 0 Å². The van der Waals surface area contributed by atoms with Crippen LogP contribution in [-0.4, -0.2) is 54.4 Å². The van der Waals surface area contributed by atoms with Gasteiger partial charge >= 0.3 is 0 Å². The number of furan rings is 4. The van der Waals surface area contributed by atoms with Gasteiger partial charge in [-0.05, 0) is 124 Å². The minimum Gasteiger partial charge on any atom is -0.455 e. The van der Waals surface area contributed by atoms with Crippen LogP contribution in [0.1, 0.15) is 25.0 Å². The molecule has 0 spiro atoms. The van der Waals surface area contributed by atoms with Crippen molar-refractivity contribution in [3.8, 4) is 142 Å². The standard InChI is InChI=1S/C107H63N11O4/c1-107(2)81-45-18-15-36-69(81)70-53-50-65(58-82(70)107)91-97-93(72-37-16-19-46-85(72)119-97)110-105(108-91)78-43-22-40-75-90-77(42-25-49-88(90)122-95(75)78)104-116-101(62-30-11-5-12-31-62)113-102(117-104)67-33-21-32-63(56-67)64-52-55-83-80(57-64)71-54-51-66(59-84(71)118(83)68-34-13-6-14-35-68)92-98-94(73-38-17-20-47-86(73)120-98)111-106(109-92)79-44-23-39-74-89-76(41-24-48-87(89)121-96(74)79)103-114-99(60-26-7-3-8-27-60)112-100(115-103)61-28-9-4-10-29-61/h3-59H,1-2H3. The van der Waals surface area contributed by atoms with Crippen LogP contribution < -0.4 is 0 Å². The van der Waals surface area contributed by atoms with Gasteiger partial charge in [-0.15, -0.1) is 0 Å². The van der Waals surface area contributed by atoms with Gasteiger partial charge in [0, 0.05) is 98.7 Å². The molecular formula is C107H63N11O4. The van der Waals surface area contributed by atoms with Gasteiger partial charge in [0.1, 0.15) is 55.9 Å². The largest absolute Gasteiger partial charge is 0.455 e. The van der Waals surface area contributed by atoms with Crippen molar-refractivity contribution in [2.24, 2.45) is 0 Å². The second-order valence-corrected chi connectivity index (χ2v) is 31.6. The summed E-state index contributed by atoms with van der Waals surface area (Å²) < 4.78 is 30.0. The first kappa shape index (κ1) is 68.7. The molecule has 9 heterocycles. The van der Waals surface area contributed by atoms with Crippen molar-refractivity contribution < 1.29 is 17.7 Å².